The molecule has 1 fully saturated rings. The summed E-state index contributed by atoms with van der Waals surface area (Å²) < 4.78 is 5.82. The molecule has 9 nitrogen and oxygen atoms in total. The number of aromatic nitrogens is 2. The molecule has 1 aromatic carbocycles. The number of amides is 2. The third-order valence-corrected chi connectivity index (χ3v) is 7.49. The fourth-order valence-corrected chi connectivity index (χ4v) is 5.72. The van der Waals surface area contributed by atoms with E-state index in [0.29, 0.717) is 16.4 Å². The molecule has 3 aromatic rings. The van der Waals surface area contributed by atoms with Crippen LogP contribution in [0, 0.1) is 0 Å². The molecular weight excluding hydrogens is 490 g/mol. The molecule has 1 aliphatic heterocycles. The highest BCUT2D eigenvalue weighted by molar-refractivity contribution is 7.14. The van der Waals surface area contributed by atoms with Crippen LogP contribution in [0.25, 0.3) is 11.4 Å². The highest BCUT2D eigenvalue weighted by Crippen LogP contribution is 2.33. The van der Waals surface area contributed by atoms with Crippen LogP contribution in [-0.2, 0) is 16.0 Å². The molecule has 0 saturated carbocycles. The van der Waals surface area contributed by atoms with Crippen molar-refractivity contribution in [2.24, 2.45) is 0 Å². The molecule has 10 heteroatoms. The number of morpholine rings is 1. The van der Waals surface area contributed by atoms with E-state index in [9.17, 15) is 14.7 Å². The van der Waals surface area contributed by atoms with Gasteiger partial charge >= 0.3 is 0 Å². The average Bonchev–Trinajstić information content (AvgIpc) is 3.53. The number of nitrogens with one attached hydrogen (secondary N) is 2. The first-order valence-electron chi connectivity index (χ1n) is 12.5. The van der Waals surface area contributed by atoms with Gasteiger partial charge < -0.3 is 25.4 Å². The van der Waals surface area contributed by atoms with Gasteiger partial charge in [-0.05, 0) is 62.1 Å². The monoisotopic (exact) mass is 521 g/mol. The summed E-state index contributed by atoms with van der Waals surface area (Å²) >= 11 is 1.31. The average molecular weight is 522 g/mol. The van der Waals surface area contributed by atoms with Crippen LogP contribution >= 0.6 is 11.3 Å². The zero-order chi connectivity index (χ0) is 25.9. The lowest BCUT2D eigenvalue weighted by atomic mass is 9.99. The Kier molecular flexibility index (Phi) is 7.50. The number of benzene rings is 1. The van der Waals surface area contributed by atoms with Crippen molar-refractivity contribution in [1.82, 2.24) is 15.3 Å². The van der Waals surface area contributed by atoms with Crippen molar-refractivity contribution in [3.05, 3.63) is 58.5 Å². The van der Waals surface area contributed by atoms with Crippen LogP contribution in [0.1, 0.15) is 47.7 Å². The number of hydrogen-bond acceptors (Lipinski definition) is 8. The van der Waals surface area contributed by atoms with Gasteiger partial charge in [0.25, 0.3) is 5.91 Å². The zero-order valence-corrected chi connectivity index (χ0v) is 21.8. The minimum absolute atomic E-state index is 0.0707. The molecule has 1 saturated heterocycles. The van der Waals surface area contributed by atoms with E-state index in [-0.39, 0.29) is 43.1 Å². The number of pyridine rings is 1. The first kappa shape index (κ1) is 25.3. The Labute approximate surface area is 219 Å². The molecule has 2 aliphatic rings. The molecule has 2 amide bonds. The van der Waals surface area contributed by atoms with Crippen LogP contribution in [0.2, 0.25) is 0 Å². The number of aryl methyl sites for hydroxylation is 1. The molecular formula is C27H31N5O4S. The summed E-state index contributed by atoms with van der Waals surface area (Å²) in [5, 5.41) is 17.3. The maximum absolute atomic E-state index is 12.6. The molecule has 3 N–H and O–H groups in total. The number of ether oxygens (including phenoxy) is 1. The molecule has 0 bridgehead atoms. The largest absolute Gasteiger partial charge is 0.396 e. The Balaban J connectivity index is 1.17. The van der Waals surface area contributed by atoms with E-state index in [1.165, 1.54) is 16.9 Å². The molecule has 3 atom stereocenters. The Morgan fingerprint density at radius 3 is 2.73 bits per heavy atom. The van der Waals surface area contributed by atoms with E-state index in [1.807, 2.05) is 35.7 Å². The smallest absolute Gasteiger partial charge is 0.251 e. The summed E-state index contributed by atoms with van der Waals surface area (Å²) in [6.07, 6.45) is 2.07. The molecule has 37 heavy (non-hydrogen) atoms. The van der Waals surface area contributed by atoms with Crippen molar-refractivity contribution in [3.63, 3.8) is 0 Å². The van der Waals surface area contributed by atoms with Gasteiger partial charge in [-0.25, -0.2) is 9.97 Å². The first-order chi connectivity index (χ1) is 17.9. The van der Waals surface area contributed by atoms with Crippen LogP contribution in [0.5, 0.6) is 0 Å². The maximum atomic E-state index is 12.6. The number of rotatable bonds is 7. The lowest BCUT2D eigenvalue weighted by Crippen LogP contribution is -2.45. The maximum Gasteiger partial charge on any atom is 0.251 e. The standard InChI is InChI=1S/C27H31N5O4S/c1-16-12-32(13-17(2)36-16)24-5-3-4-22(29-24)23-15-37-27(30-23)31-25(34)11-28-26(35)19-8-6-18-7-9-20(14-33)21(18)10-19/h3-6,8,10,15-17,20,33H,7,9,11-14H2,1-2H3,(H,28,35)(H,30,31,34)/t16-,17+,20-/m1/s1. The van der Waals surface area contributed by atoms with Gasteiger partial charge in [0.1, 0.15) is 11.5 Å². The van der Waals surface area contributed by atoms with Gasteiger partial charge in [-0.1, -0.05) is 12.1 Å². The van der Waals surface area contributed by atoms with E-state index < -0.39 is 0 Å². The molecule has 2 aromatic heterocycles. The number of thiazole rings is 1. The van der Waals surface area contributed by atoms with Crippen LogP contribution in [0.15, 0.2) is 41.8 Å². The number of carbonyl (C=O) groups excluding carboxylic acids is 2. The molecule has 194 valence electrons. The third kappa shape index (κ3) is 5.82. The zero-order valence-electron chi connectivity index (χ0n) is 20.9. The number of hydrogen-bond donors (Lipinski definition) is 3. The summed E-state index contributed by atoms with van der Waals surface area (Å²) in [7, 11) is 0. The van der Waals surface area contributed by atoms with Crippen LogP contribution in [0.4, 0.5) is 10.9 Å². The normalized spacial score (nSPS) is 20.9. The second-order valence-corrected chi connectivity index (χ2v) is 10.5. The van der Waals surface area contributed by atoms with Gasteiger partial charge in [0.05, 0.1) is 24.4 Å². The Hall–Kier alpha value is -3.34. The van der Waals surface area contributed by atoms with Crippen molar-refractivity contribution in [3.8, 4) is 11.4 Å². The lowest BCUT2D eigenvalue weighted by Gasteiger charge is -2.36. The van der Waals surface area contributed by atoms with E-state index in [4.69, 9.17) is 9.72 Å². The van der Waals surface area contributed by atoms with Crippen LogP contribution < -0.4 is 15.5 Å². The minimum atomic E-state index is -0.360. The van der Waals surface area contributed by atoms with Gasteiger partial charge in [0, 0.05) is 36.6 Å². The van der Waals surface area contributed by atoms with Crippen molar-refractivity contribution >= 4 is 34.1 Å². The number of nitrogens with zero attached hydrogens (tertiary/aromatic N) is 3. The van der Waals surface area contributed by atoms with Crippen LogP contribution in [-0.4, -0.2) is 65.3 Å². The molecule has 3 heterocycles. The van der Waals surface area contributed by atoms with E-state index >= 15 is 0 Å². The number of anilines is 2. The second kappa shape index (κ2) is 11.0. The highest BCUT2D eigenvalue weighted by Gasteiger charge is 2.24. The fourth-order valence-electron chi connectivity index (χ4n) is 5.00. The Morgan fingerprint density at radius 1 is 1.14 bits per heavy atom. The lowest BCUT2D eigenvalue weighted by molar-refractivity contribution is -0.115. The Bertz CT molecular complexity index is 1290. The molecule has 5 rings (SSSR count). The van der Waals surface area contributed by atoms with Gasteiger partial charge in [-0.15, -0.1) is 11.3 Å². The quantitative estimate of drug-likeness (QED) is 0.437. The summed E-state index contributed by atoms with van der Waals surface area (Å²) in [5.41, 5.74) is 4.08. The van der Waals surface area contributed by atoms with Gasteiger partial charge in [-0.2, -0.15) is 0 Å². The van der Waals surface area contributed by atoms with Gasteiger partial charge in [0.2, 0.25) is 5.91 Å². The summed E-state index contributed by atoms with van der Waals surface area (Å²) in [6, 6.07) is 11.4. The number of aliphatic hydroxyl groups is 1. The predicted octanol–water partition coefficient (Wildman–Crippen LogP) is 3.21. The van der Waals surface area contributed by atoms with Gasteiger partial charge in [0.15, 0.2) is 5.13 Å². The van der Waals surface area contributed by atoms with Crippen molar-refractivity contribution in [1.29, 1.82) is 0 Å². The van der Waals surface area contributed by atoms with E-state index in [1.54, 1.807) is 6.07 Å². The summed E-state index contributed by atoms with van der Waals surface area (Å²) in [5.74, 6) is 0.259. The number of fused-ring (bicyclic) bond motifs is 1. The van der Waals surface area contributed by atoms with Crippen molar-refractivity contribution < 1.29 is 19.4 Å². The minimum Gasteiger partial charge on any atom is -0.396 e. The molecule has 0 spiro atoms. The van der Waals surface area contributed by atoms with E-state index in [2.05, 4.69) is 34.4 Å². The first-order valence-corrected chi connectivity index (χ1v) is 13.4. The van der Waals surface area contributed by atoms with Crippen molar-refractivity contribution in [2.45, 2.75) is 44.8 Å². The summed E-state index contributed by atoms with van der Waals surface area (Å²) in [4.78, 5) is 36.6. The molecule has 0 radical (unpaired) electrons. The number of aliphatic hydroxyl groups excluding tert-OH is 1. The third-order valence-electron chi connectivity index (χ3n) is 6.73. The predicted molar refractivity (Wildman–Crippen MR) is 143 cm³/mol. The topological polar surface area (TPSA) is 117 Å². The van der Waals surface area contributed by atoms with E-state index in [0.717, 1.165) is 43.0 Å². The second-order valence-electron chi connectivity index (χ2n) is 9.64. The Morgan fingerprint density at radius 2 is 1.95 bits per heavy atom. The highest BCUT2D eigenvalue weighted by atomic mass is 32.1. The summed E-state index contributed by atoms with van der Waals surface area (Å²) in [6.45, 7) is 5.57. The van der Waals surface area contributed by atoms with Gasteiger partial charge in [-0.3, -0.25) is 9.59 Å². The molecule has 0 unspecified atom stereocenters. The fraction of sp³-hybridized carbons (Fsp3) is 0.407. The number of carbonyl (C=O) groups is 2. The SMILES string of the molecule is C[C@@H]1CN(c2cccc(-c3csc(NC(=O)CNC(=O)c4ccc5c(c4)[C@@H](CO)CC5)n3)n2)C[C@H](C)O1. The van der Waals surface area contributed by atoms with Crippen LogP contribution in [0.3, 0.4) is 0 Å². The molecule has 1 aliphatic carbocycles. The van der Waals surface area contributed by atoms with Crippen molar-refractivity contribution in [2.75, 3.05) is 36.5 Å².